The van der Waals surface area contributed by atoms with Crippen molar-refractivity contribution in [2.24, 2.45) is 0 Å². The van der Waals surface area contributed by atoms with Crippen LogP contribution in [0.25, 0.3) is 0 Å². The van der Waals surface area contributed by atoms with Gasteiger partial charge in [-0.25, -0.2) is 0 Å². The Morgan fingerprint density at radius 2 is 2.18 bits per heavy atom. The zero-order chi connectivity index (χ0) is 12.3. The lowest BCUT2D eigenvalue weighted by Gasteiger charge is -2.14. The summed E-state index contributed by atoms with van der Waals surface area (Å²) in [6.45, 7) is 4.80. The highest BCUT2D eigenvalue weighted by atomic mass is 35.5. The summed E-state index contributed by atoms with van der Waals surface area (Å²) in [5.74, 6) is 1.17. The van der Waals surface area contributed by atoms with Gasteiger partial charge in [0.15, 0.2) is 11.5 Å². The molecule has 1 N–H and O–H groups in total. The first-order chi connectivity index (χ1) is 8.22. The summed E-state index contributed by atoms with van der Waals surface area (Å²) in [5, 5.41) is 10.4. The number of fused-ring (bicyclic) bond motifs is 1. The van der Waals surface area contributed by atoms with Crippen LogP contribution in [0.1, 0.15) is 24.5 Å². The molecular weight excluding hydrogens is 240 g/mol. The fourth-order valence-corrected chi connectivity index (χ4v) is 2.01. The molecule has 0 saturated heterocycles. The molecule has 1 heterocycles. The van der Waals surface area contributed by atoms with E-state index in [1.165, 1.54) is 0 Å². The molecule has 0 fully saturated rings. The molecule has 1 aromatic carbocycles. The van der Waals surface area contributed by atoms with Crippen LogP contribution >= 0.6 is 11.6 Å². The molecule has 1 aromatic rings. The van der Waals surface area contributed by atoms with Crippen LogP contribution in [0.2, 0.25) is 5.02 Å². The smallest absolute Gasteiger partial charge is 0.179 e. The zero-order valence-electron chi connectivity index (χ0n) is 9.49. The molecule has 1 unspecified atom stereocenters. The van der Waals surface area contributed by atoms with Gasteiger partial charge in [0, 0.05) is 6.42 Å². The minimum Gasteiger partial charge on any atom is -0.489 e. The van der Waals surface area contributed by atoms with Gasteiger partial charge in [0.1, 0.15) is 0 Å². The van der Waals surface area contributed by atoms with E-state index < -0.39 is 6.10 Å². The topological polar surface area (TPSA) is 38.7 Å². The normalized spacial score (nSPS) is 16.1. The highest BCUT2D eigenvalue weighted by molar-refractivity contribution is 6.32. The summed E-state index contributed by atoms with van der Waals surface area (Å²) in [6, 6.07) is 3.49. The lowest BCUT2D eigenvalue weighted by atomic mass is 10.1. The Balaban J connectivity index is 2.34. The van der Waals surface area contributed by atoms with Gasteiger partial charge >= 0.3 is 0 Å². The number of benzene rings is 1. The van der Waals surface area contributed by atoms with E-state index in [1.807, 2.05) is 0 Å². The minimum atomic E-state index is -0.609. The number of aliphatic hydroxyl groups excluding tert-OH is 1. The van der Waals surface area contributed by atoms with Gasteiger partial charge in [-0.05, 0) is 24.1 Å². The maximum absolute atomic E-state index is 9.89. The van der Waals surface area contributed by atoms with Crippen LogP contribution in [0, 0.1) is 0 Å². The Morgan fingerprint density at radius 1 is 1.41 bits per heavy atom. The number of rotatable bonds is 3. The van der Waals surface area contributed by atoms with E-state index in [0.717, 1.165) is 12.0 Å². The molecular formula is C13H15ClO3. The van der Waals surface area contributed by atoms with Crippen molar-refractivity contribution in [2.45, 2.75) is 18.9 Å². The van der Waals surface area contributed by atoms with E-state index in [9.17, 15) is 5.11 Å². The van der Waals surface area contributed by atoms with Gasteiger partial charge in [-0.2, -0.15) is 0 Å². The van der Waals surface area contributed by atoms with Crippen molar-refractivity contribution in [3.63, 3.8) is 0 Å². The second-order valence-electron chi connectivity index (χ2n) is 3.92. The summed E-state index contributed by atoms with van der Waals surface area (Å²) in [4.78, 5) is 0. The number of aliphatic hydroxyl groups is 1. The zero-order valence-corrected chi connectivity index (χ0v) is 10.2. The number of hydrogen-bond donors (Lipinski definition) is 1. The van der Waals surface area contributed by atoms with E-state index in [2.05, 4.69) is 6.58 Å². The van der Waals surface area contributed by atoms with Crippen molar-refractivity contribution in [1.29, 1.82) is 0 Å². The maximum Gasteiger partial charge on any atom is 0.179 e. The van der Waals surface area contributed by atoms with Crippen molar-refractivity contribution >= 4 is 11.6 Å². The highest BCUT2D eigenvalue weighted by Crippen LogP contribution is 2.39. The van der Waals surface area contributed by atoms with Crippen LogP contribution < -0.4 is 9.47 Å². The molecule has 92 valence electrons. The van der Waals surface area contributed by atoms with Gasteiger partial charge in [0.2, 0.25) is 0 Å². The van der Waals surface area contributed by atoms with Gasteiger partial charge in [-0.3, -0.25) is 0 Å². The van der Waals surface area contributed by atoms with Crippen LogP contribution in [0.4, 0.5) is 0 Å². The minimum absolute atomic E-state index is 0.475. The molecule has 1 atom stereocenters. The van der Waals surface area contributed by atoms with E-state index in [1.54, 1.807) is 18.2 Å². The molecule has 0 radical (unpaired) electrons. The average molecular weight is 255 g/mol. The molecule has 0 spiro atoms. The molecule has 17 heavy (non-hydrogen) atoms. The predicted molar refractivity (Wildman–Crippen MR) is 66.8 cm³/mol. The van der Waals surface area contributed by atoms with Crippen LogP contribution in [0.3, 0.4) is 0 Å². The quantitative estimate of drug-likeness (QED) is 0.843. The number of ether oxygens (including phenoxy) is 2. The SMILES string of the molecule is C=CCC(O)c1cc(Cl)c2c(c1)OCCCO2. The second-order valence-corrected chi connectivity index (χ2v) is 4.33. The Labute approximate surface area is 106 Å². The first-order valence-electron chi connectivity index (χ1n) is 5.60. The van der Waals surface area contributed by atoms with Crippen molar-refractivity contribution < 1.29 is 14.6 Å². The van der Waals surface area contributed by atoms with E-state index in [4.69, 9.17) is 21.1 Å². The van der Waals surface area contributed by atoms with Crippen LogP contribution in [0.5, 0.6) is 11.5 Å². The average Bonchev–Trinajstić information content (AvgIpc) is 2.54. The molecule has 2 rings (SSSR count). The van der Waals surface area contributed by atoms with Gasteiger partial charge < -0.3 is 14.6 Å². The van der Waals surface area contributed by atoms with Gasteiger partial charge in [-0.1, -0.05) is 17.7 Å². The standard InChI is InChI=1S/C13H15ClO3/c1-2-4-11(15)9-7-10(14)13-12(8-9)16-5-3-6-17-13/h2,7-8,11,15H,1,3-6H2. The lowest BCUT2D eigenvalue weighted by Crippen LogP contribution is -1.99. The molecule has 4 heteroatoms. The van der Waals surface area contributed by atoms with Gasteiger partial charge in [0.25, 0.3) is 0 Å². The first-order valence-corrected chi connectivity index (χ1v) is 5.98. The van der Waals surface area contributed by atoms with Gasteiger partial charge in [0.05, 0.1) is 24.3 Å². The van der Waals surface area contributed by atoms with E-state index in [-0.39, 0.29) is 0 Å². The van der Waals surface area contributed by atoms with Crippen LogP contribution in [0.15, 0.2) is 24.8 Å². The van der Waals surface area contributed by atoms with Gasteiger partial charge in [-0.15, -0.1) is 6.58 Å². The molecule has 1 aliphatic heterocycles. The second kappa shape index (κ2) is 5.43. The molecule has 0 aliphatic carbocycles. The fourth-order valence-electron chi connectivity index (χ4n) is 1.74. The Hall–Kier alpha value is -1.19. The first kappa shape index (κ1) is 12.3. The summed E-state index contributed by atoms with van der Waals surface area (Å²) in [7, 11) is 0. The Morgan fingerprint density at radius 3 is 2.94 bits per heavy atom. The van der Waals surface area contributed by atoms with Crippen molar-refractivity contribution in [3.05, 3.63) is 35.4 Å². The third-order valence-electron chi connectivity index (χ3n) is 2.60. The summed E-state index contributed by atoms with van der Waals surface area (Å²) >= 11 is 6.12. The third kappa shape index (κ3) is 2.73. The summed E-state index contributed by atoms with van der Waals surface area (Å²) in [5.41, 5.74) is 0.721. The molecule has 3 nitrogen and oxygen atoms in total. The maximum atomic E-state index is 9.89. The number of hydrogen-bond acceptors (Lipinski definition) is 3. The Bertz CT molecular complexity index is 417. The summed E-state index contributed by atoms with van der Waals surface area (Å²) in [6.07, 6.45) is 2.37. The van der Waals surface area contributed by atoms with Crippen LogP contribution in [-0.2, 0) is 0 Å². The Kier molecular flexibility index (Phi) is 3.92. The van der Waals surface area contributed by atoms with E-state index in [0.29, 0.717) is 36.2 Å². The molecule has 0 amide bonds. The third-order valence-corrected chi connectivity index (χ3v) is 2.88. The van der Waals surface area contributed by atoms with Crippen molar-refractivity contribution in [1.82, 2.24) is 0 Å². The lowest BCUT2D eigenvalue weighted by molar-refractivity contribution is 0.181. The molecule has 0 bridgehead atoms. The van der Waals surface area contributed by atoms with E-state index >= 15 is 0 Å². The van der Waals surface area contributed by atoms with Crippen molar-refractivity contribution in [2.75, 3.05) is 13.2 Å². The summed E-state index contributed by atoms with van der Waals surface area (Å²) < 4.78 is 11.1. The monoisotopic (exact) mass is 254 g/mol. The highest BCUT2D eigenvalue weighted by Gasteiger charge is 2.18. The number of halogens is 1. The molecule has 1 aliphatic rings. The van der Waals surface area contributed by atoms with Crippen molar-refractivity contribution in [3.8, 4) is 11.5 Å². The van der Waals surface area contributed by atoms with Crippen LogP contribution in [-0.4, -0.2) is 18.3 Å². The largest absolute Gasteiger partial charge is 0.489 e. The molecule has 0 aromatic heterocycles. The fraction of sp³-hybridized carbons (Fsp3) is 0.385. The predicted octanol–water partition coefficient (Wildman–Crippen LogP) is 3.11. The molecule has 0 saturated carbocycles.